The first-order valence-corrected chi connectivity index (χ1v) is 6.98. The van der Waals surface area contributed by atoms with Crippen molar-refractivity contribution in [1.82, 2.24) is 19.7 Å². The predicted molar refractivity (Wildman–Crippen MR) is 72.3 cm³/mol. The van der Waals surface area contributed by atoms with Crippen LogP contribution in [-0.4, -0.2) is 19.7 Å². The smallest absolute Gasteiger partial charge is 0.138 e. The van der Waals surface area contributed by atoms with Gasteiger partial charge in [0.05, 0.1) is 16.7 Å². The average molecular weight is 265 g/mol. The summed E-state index contributed by atoms with van der Waals surface area (Å²) in [5.41, 5.74) is 7.10. The zero-order chi connectivity index (χ0) is 13.1. The number of nitrogens with zero attached hydrogens (tertiary/aromatic N) is 4. The van der Waals surface area contributed by atoms with E-state index < -0.39 is 0 Å². The van der Waals surface area contributed by atoms with Crippen LogP contribution in [0.2, 0.25) is 0 Å². The van der Waals surface area contributed by atoms with Crippen LogP contribution >= 0.6 is 11.3 Å². The summed E-state index contributed by atoms with van der Waals surface area (Å²) in [7, 11) is 0. The Balaban J connectivity index is 2.07. The molecule has 2 aromatic rings. The van der Waals surface area contributed by atoms with E-state index in [4.69, 9.17) is 5.73 Å². The Morgan fingerprint density at radius 1 is 1.44 bits per heavy atom. The lowest BCUT2D eigenvalue weighted by Crippen LogP contribution is -2.18. The molecule has 1 unspecified atom stereocenters. The third-order valence-electron chi connectivity index (χ3n) is 2.65. The average Bonchev–Trinajstić information content (AvgIpc) is 2.88. The number of aryl methyl sites for hydroxylation is 1. The summed E-state index contributed by atoms with van der Waals surface area (Å²) < 4.78 is 1.93. The molecular weight excluding hydrogens is 246 g/mol. The van der Waals surface area contributed by atoms with Crippen molar-refractivity contribution in [3.05, 3.63) is 28.2 Å². The summed E-state index contributed by atoms with van der Waals surface area (Å²) in [5, 5.41) is 7.30. The second-order valence-electron chi connectivity index (χ2n) is 4.85. The molecule has 0 saturated heterocycles. The first kappa shape index (κ1) is 13.2. The van der Waals surface area contributed by atoms with Gasteiger partial charge in [0.25, 0.3) is 0 Å². The minimum Gasteiger partial charge on any atom is -0.322 e. The van der Waals surface area contributed by atoms with E-state index in [0.29, 0.717) is 12.3 Å². The maximum Gasteiger partial charge on any atom is 0.138 e. The Kier molecular flexibility index (Phi) is 4.08. The van der Waals surface area contributed by atoms with Crippen molar-refractivity contribution in [3.63, 3.8) is 0 Å². The summed E-state index contributed by atoms with van der Waals surface area (Å²) in [4.78, 5) is 8.71. The number of hydrogen-bond donors (Lipinski definition) is 1. The minimum atomic E-state index is -0.106. The summed E-state index contributed by atoms with van der Waals surface area (Å²) in [6.07, 6.45) is 2.27. The number of aromatic nitrogens is 4. The highest BCUT2D eigenvalue weighted by atomic mass is 32.1. The standard InChI is InChI=1S/C12H19N5S/c1-8(2)5-17-12(14-7-15-17)4-10(13)11-6-18-9(3)16-11/h6-8,10H,4-5,13H2,1-3H3. The van der Waals surface area contributed by atoms with Crippen LogP contribution in [0.15, 0.2) is 11.7 Å². The fraction of sp³-hybridized carbons (Fsp3) is 0.583. The van der Waals surface area contributed by atoms with Crippen molar-refractivity contribution in [2.45, 2.75) is 39.8 Å². The first-order valence-electron chi connectivity index (χ1n) is 6.10. The Hall–Kier alpha value is -1.27. The Bertz CT molecular complexity index is 502. The molecule has 0 fully saturated rings. The zero-order valence-electron chi connectivity index (χ0n) is 11.0. The van der Waals surface area contributed by atoms with Gasteiger partial charge in [-0.3, -0.25) is 0 Å². The predicted octanol–water partition coefficient (Wildman–Crippen LogP) is 1.94. The molecule has 0 aliphatic carbocycles. The molecule has 6 heteroatoms. The van der Waals surface area contributed by atoms with E-state index in [1.54, 1.807) is 17.7 Å². The lowest BCUT2D eigenvalue weighted by atomic mass is 10.1. The largest absolute Gasteiger partial charge is 0.322 e. The van der Waals surface area contributed by atoms with Gasteiger partial charge in [0.15, 0.2) is 0 Å². The van der Waals surface area contributed by atoms with E-state index in [9.17, 15) is 0 Å². The van der Waals surface area contributed by atoms with Crippen molar-refractivity contribution in [2.75, 3.05) is 0 Å². The Morgan fingerprint density at radius 3 is 2.83 bits per heavy atom. The number of rotatable bonds is 5. The number of thiazole rings is 1. The maximum atomic E-state index is 6.16. The normalized spacial score (nSPS) is 13.2. The molecule has 2 aromatic heterocycles. The summed E-state index contributed by atoms with van der Waals surface area (Å²) in [6.45, 7) is 7.19. The van der Waals surface area contributed by atoms with Crippen molar-refractivity contribution < 1.29 is 0 Å². The monoisotopic (exact) mass is 265 g/mol. The van der Waals surface area contributed by atoms with Gasteiger partial charge in [0.1, 0.15) is 12.2 Å². The van der Waals surface area contributed by atoms with Gasteiger partial charge in [0.2, 0.25) is 0 Å². The highest BCUT2D eigenvalue weighted by molar-refractivity contribution is 7.09. The summed E-state index contributed by atoms with van der Waals surface area (Å²) in [5.74, 6) is 1.48. The molecule has 2 rings (SSSR count). The molecule has 0 radical (unpaired) electrons. The molecule has 98 valence electrons. The molecule has 0 bridgehead atoms. The van der Waals surface area contributed by atoms with Gasteiger partial charge < -0.3 is 5.73 Å². The number of nitrogens with two attached hydrogens (primary N) is 1. The molecule has 2 N–H and O–H groups in total. The Labute approximate surface area is 111 Å². The van der Waals surface area contributed by atoms with Crippen LogP contribution in [0.25, 0.3) is 0 Å². The van der Waals surface area contributed by atoms with Crippen molar-refractivity contribution in [1.29, 1.82) is 0 Å². The lowest BCUT2D eigenvalue weighted by Gasteiger charge is -2.11. The Morgan fingerprint density at radius 2 is 2.22 bits per heavy atom. The molecule has 1 atom stereocenters. The lowest BCUT2D eigenvalue weighted by molar-refractivity contribution is 0.458. The number of hydrogen-bond acceptors (Lipinski definition) is 5. The van der Waals surface area contributed by atoms with Crippen LogP contribution in [0.1, 0.15) is 36.4 Å². The van der Waals surface area contributed by atoms with Gasteiger partial charge in [-0.05, 0) is 12.8 Å². The molecule has 5 nitrogen and oxygen atoms in total. The van der Waals surface area contributed by atoms with Crippen LogP contribution in [0.5, 0.6) is 0 Å². The van der Waals surface area contributed by atoms with Gasteiger partial charge >= 0.3 is 0 Å². The molecular formula is C12H19N5S. The molecule has 0 aliphatic rings. The maximum absolute atomic E-state index is 6.16. The van der Waals surface area contributed by atoms with Gasteiger partial charge in [-0.2, -0.15) is 5.10 Å². The zero-order valence-corrected chi connectivity index (χ0v) is 11.8. The highest BCUT2D eigenvalue weighted by Gasteiger charge is 2.14. The van der Waals surface area contributed by atoms with Crippen LogP contribution in [0, 0.1) is 12.8 Å². The third kappa shape index (κ3) is 3.14. The molecule has 18 heavy (non-hydrogen) atoms. The fourth-order valence-corrected chi connectivity index (χ4v) is 2.47. The SMILES string of the molecule is Cc1nc(C(N)Cc2ncnn2CC(C)C)cs1. The second kappa shape index (κ2) is 5.58. The van der Waals surface area contributed by atoms with E-state index in [1.807, 2.05) is 17.0 Å². The highest BCUT2D eigenvalue weighted by Crippen LogP contribution is 2.17. The van der Waals surface area contributed by atoms with E-state index in [1.165, 1.54) is 0 Å². The van der Waals surface area contributed by atoms with Crippen LogP contribution in [0.4, 0.5) is 0 Å². The fourth-order valence-electron chi connectivity index (χ4n) is 1.80. The molecule has 0 saturated carbocycles. The van der Waals surface area contributed by atoms with Crippen molar-refractivity contribution in [2.24, 2.45) is 11.7 Å². The molecule has 0 aromatic carbocycles. The van der Waals surface area contributed by atoms with Crippen molar-refractivity contribution in [3.8, 4) is 0 Å². The van der Waals surface area contributed by atoms with Gasteiger partial charge in [-0.15, -0.1) is 11.3 Å². The topological polar surface area (TPSA) is 69.6 Å². The van der Waals surface area contributed by atoms with E-state index in [0.717, 1.165) is 23.1 Å². The molecule has 2 heterocycles. The molecule has 0 aliphatic heterocycles. The molecule has 0 amide bonds. The van der Waals surface area contributed by atoms with Gasteiger partial charge in [-0.1, -0.05) is 13.8 Å². The summed E-state index contributed by atoms with van der Waals surface area (Å²) in [6, 6.07) is -0.106. The van der Waals surface area contributed by atoms with E-state index in [2.05, 4.69) is 28.9 Å². The summed E-state index contributed by atoms with van der Waals surface area (Å²) >= 11 is 1.63. The second-order valence-corrected chi connectivity index (χ2v) is 5.92. The minimum absolute atomic E-state index is 0.106. The van der Waals surface area contributed by atoms with Gasteiger partial charge in [0, 0.05) is 18.3 Å². The molecule has 0 spiro atoms. The van der Waals surface area contributed by atoms with Crippen LogP contribution < -0.4 is 5.73 Å². The van der Waals surface area contributed by atoms with E-state index >= 15 is 0 Å². The van der Waals surface area contributed by atoms with Crippen LogP contribution in [0.3, 0.4) is 0 Å². The van der Waals surface area contributed by atoms with Crippen molar-refractivity contribution >= 4 is 11.3 Å². The first-order chi connectivity index (χ1) is 8.56. The van der Waals surface area contributed by atoms with E-state index in [-0.39, 0.29) is 6.04 Å². The van der Waals surface area contributed by atoms with Crippen LogP contribution in [-0.2, 0) is 13.0 Å². The third-order valence-corrected chi connectivity index (χ3v) is 3.44. The van der Waals surface area contributed by atoms with Gasteiger partial charge in [-0.25, -0.2) is 14.6 Å². The quantitative estimate of drug-likeness (QED) is 0.897.